The monoisotopic (exact) mass is 455 g/mol. The number of benzene rings is 2. The summed E-state index contributed by atoms with van der Waals surface area (Å²) >= 11 is 0. The quantitative estimate of drug-likeness (QED) is 0.583. The summed E-state index contributed by atoms with van der Waals surface area (Å²) in [4.78, 5) is 1.52. The zero-order valence-corrected chi connectivity index (χ0v) is 18.7. The molecule has 1 fully saturated rings. The van der Waals surface area contributed by atoms with Gasteiger partial charge in [-0.3, -0.25) is 0 Å². The molecule has 0 unspecified atom stereocenters. The highest BCUT2D eigenvalue weighted by Crippen LogP contribution is 2.43. The van der Waals surface area contributed by atoms with Gasteiger partial charge in [-0.05, 0) is 57.0 Å². The SMILES string of the molecule is Cc1c(C#N)cccc1[C@@H](C)Nc1nnc(C)c2cc(C(F)(F)F)c(N3CC(C)(O)C3)cc12. The van der Waals surface area contributed by atoms with Crippen LogP contribution in [0.25, 0.3) is 10.8 Å². The summed E-state index contributed by atoms with van der Waals surface area (Å²) in [6.45, 7) is 7.19. The lowest BCUT2D eigenvalue weighted by Gasteiger charge is -2.46. The van der Waals surface area contributed by atoms with Crippen molar-refractivity contribution in [1.29, 1.82) is 5.26 Å². The molecule has 0 bridgehead atoms. The van der Waals surface area contributed by atoms with E-state index in [1.807, 2.05) is 19.9 Å². The van der Waals surface area contributed by atoms with Crippen LogP contribution in [0.4, 0.5) is 24.7 Å². The van der Waals surface area contributed by atoms with E-state index < -0.39 is 17.3 Å². The fourth-order valence-corrected chi connectivity index (χ4v) is 4.38. The Morgan fingerprint density at radius 1 is 1.18 bits per heavy atom. The molecule has 6 nitrogen and oxygen atoms in total. The second-order valence-electron chi connectivity index (χ2n) is 8.90. The first-order chi connectivity index (χ1) is 15.4. The van der Waals surface area contributed by atoms with Crippen molar-refractivity contribution < 1.29 is 18.3 Å². The molecule has 1 aliphatic rings. The van der Waals surface area contributed by atoms with Crippen LogP contribution in [0, 0.1) is 25.2 Å². The minimum atomic E-state index is -4.56. The van der Waals surface area contributed by atoms with E-state index >= 15 is 0 Å². The summed E-state index contributed by atoms with van der Waals surface area (Å²) in [5.41, 5.74) is 0.873. The van der Waals surface area contributed by atoms with Gasteiger partial charge in [0.1, 0.15) is 0 Å². The van der Waals surface area contributed by atoms with E-state index in [0.29, 0.717) is 27.8 Å². The molecule has 4 rings (SSSR count). The van der Waals surface area contributed by atoms with E-state index in [1.54, 1.807) is 26.0 Å². The fourth-order valence-electron chi connectivity index (χ4n) is 4.38. The molecule has 1 aromatic heterocycles. The fraction of sp³-hybridized carbons (Fsp3) is 0.375. The van der Waals surface area contributed by atoms with E-state index in [0.717, 1.165) is 17.2 Å². The Morgan fingerprint density at radius 3 is 2.48 bits per heavy atom. The van der Waals surface area contributed by atoms with E-state index in [2.05, 4.69) is 21.6 Å². The van der Waals surface area contributed by atoms with Crippen molar-refractivity contribution in [2.45, 2.75) is 45.5 Å². The first-order valence-corrected chi connectivity index (χ1v) is 10.5. The first-order valence-electron chi connectivity index (χ1n) is 10.5. The number of β-amino-alcohol motifs (C(OH)–C–C–N with tert-alkyl or cyclic N) is 1. The lowest BCUT2D eigenvalue weighted by Crippen LogP contribution is -2.60. The molecule has 2 heterocycles. The Kier molecular flexibility index (Phi) is 5.45. The number of alkyl halides is 3. The van der Waals surface area contributed by atoms with Crippen molar-refractivity contribution in [3.05, 3.63) is 58.3 Å². The number of hydrogen-bond acceptors (Lipinski definition) is 6. The highest BCUT2D eigenvalue weighted by molar-refractivity contribution is 5.96. The van der Waals surface area contributed by atoms with E-state index in [4.69, 9.17) is 0 Å². The van der Waals surface area contributed by atoms with Gasteiger partial charge in [-0.25, -0.2) is 0 Å². The maximum absolute atomic E-state index is 13.9. The van der Waals surface area contributed by atoms with Gasteiger partial charge in [0.05, 0.1) is 34.5 Å². The van der Waals surface area contributed by atoms with Crippen molar-refractivity contribution in [1.82, 2.24) is 10.2 Å². The van der Waals surface area contributed by atoms with Crippen LogP contribution in [-0.2, 0) is 6.18 Å². The van der Waals surface area contributed by atoms with Gasteiger partial charge >= 0.3 is 6.18 Å². The summed E-state index contributed by atoms with van der Waals surface area (Å²) in [5, 5.41) is 31.8. The Hall–Kier alpha value is -3.38. The number of aryl methyl sites for hydroxylation is 1. The molecule has 33 heavy (non-hydrogen) atoms. The molecule has 0 spiro atoms. The molecule has 2 N–H and O–H groups in total. The maximum Gasteiger partial charge on any atom is 0.418 e. The summed E-state index contributed by atoms with van der Waals surface area (Å²) < 4.78 is 41.7. The molecule has 1 atom stereocenters. The maximum atomic E-state index is 13.9. The number of hydrogen-bond donors (Lipinski definition) is 2. The first kappa shape index (κ1) is 22.8. The zero-order chi connectivity index (χ0) is 24.1. The number of nitrogens with zero attached hydrogens (tertiary/aromatic N) is 4. The number of halogens is 3. The largest absolute Gasteiger partial charge is 0.418 e. The third kappa shape index (κ3) is 4.18. The number of nitrogens with one attached hydrogen (secondary N) is 1. The molecule has 0 amide bonds. The number of nitriles is 1. The molecule has 172 valence electrons. The number of fused-ring (bicyclic) bond motifs is 1. The van der Waals surface area contributed by atoms with Crippen molar-refractivity contribution in [2.75, 3.05) is 23.3 Å². The van der Waals surface area contributed by atoms with Gasteiger partial charge in [0.15, 0.2) is 5.82 Å². The van der Waals surface area contributed by atoms with Gasteiger partial charge in [0, 0.05) is 29.5 Å². The predicted octanol–water partition coefficient (Wildman–Crippen LogP) is 4.88. The molecule has 3 aromatic rings. The lowest BCUT2D eigenvalue weighted by molar-refractivity contribution is -0.137. The molecule has 2 aromatic carbocycles. The van der Waals surface area contributed by atoms with Crippen molar-refractivity contribution in [3.63, 3.8) is 0 Å². The molecular weight excluding hydrogens is 431 g/mol. The van der Waals surface area contributed by atoms with Gasteiger partial charge in [0.2, 0.25) is 0 Å². The number of anilines is 2. The molecule has 1 saturated heterocycles. The summed E-state index contributed by atoms with van der Waals surface area (Å²) in [6, 6.07) is 9.90. The third-order valence-corrected chi connectivity index (χ3v) is 6.11. The molecule has 9 heteroatoms. The molecular formula is C24H24F3N5O. The van der Waals surface area contributed by atoms with Gasteiger partial charge in [-0.2, -0.15) is 23.5 Å². The highest BCUT2D eigenvalue weighted by atomic mass is 19.4. The Balaban J connectivity index is 1.82. The second kappa shape index (κ2) is 7.89. The average Bonchev–Trinajstić information content (AvgIpc) is 2.72. The van der Waals surface area contributed by atoms with Crippen LogP contribution in [0.5, 0.6) is 0 Å². The minimum Gasteiger partial charge on any atom is -0.386 e. The Bertz CT molecular complexity index is 1270. The van der Waals surface area contributed by atoms with Crippen LogP contribution < -0.4 is 10.2 Å². The highest BCUT2D eigenvalue weighted by Gasteiger charge is 2.42. The van der Waals surface area contributed by atoms with Crippen LogP contribution in [0.3, 0.4) is 0 Å². The van der Waals surface area contributed by atoms with E-state index in [-0.39, 0.29) is 24.8 Å². The molecule has 0 aliphatic carbocycles. The van der Waals surface area contributed by atoms with Crippen molar-refractivity contribution >= 4 is 22.3 Å². The lowest BCUT2D eigenvalue weighted by atomic mass is 9.93. The van der Waals surface area contributed by atoms with Crippen LogP contribution >= 0.6 is 0 Å². The third-order valence-electron chi connectivity index (χ3n) is 6.11. The van der Waals surface area contributed by atoms with Gasteiger partial charge in [-0.1, -0.05) is 12.1 Å². The molecule has 0 saturated carbocycles. The summed E-state index contributed by atoms with van der Waals surface area (Å²) in [5.74, 6) is 0.354. The van der Waals surface area contributed by atoms with Crippen LogP contribution in [-0.4, -0.2) is 34.0 Å². The van der Waals surface area contributed by atoms with Gasteiger partial charge in [0.25, 0.3) is 0 Å². The van der Waals surface area contributed by atoms with Crippen LogP contribution in [0.2, 0.25) is 0 Å². The Morgan fingerprint density at radius 2 is 1.88 bits per heavy atom. The predicted molar refractivity (Wildman–Crippen MR) is 120 cm³/mol. The van der Waals surface area contributed by atoms with Crippen LogP contribution in [0.1, 0.15) is 47.8 Å². The number of aromatic nitrogens is 2. The van der Waals surface area contributed by atoms with Crippen LogP contribution in [0.15, 0.2) is 30.3 Å². The topological polar surface area (TPSA) is 85.1 Å². The van der Waals surface area contributed by atoms with Crippen molar-refractivity contribution in [3.8, 4) is 6.07 Å². The second-order valence-corrected chi connectivity index (χ2v) is 8.90. The minimum absolute atomic E-state index is 0.00675. The molecule has 1 aliphatic heterocycles. The molecule has 0 radical (unpaired) electrons. The van der Waals surface area contributed by atoms with Gasteiger partial charge in [-0.15, -0.1) is 5.10 Å². The zero-order valence-electron chi connectivity index (χ0n) is 18.7. The number of rotatable bonds is 4. The van der Waals surface area contributed by atoms with E-state index in [9.17, 15) is 23.5 Å². The normalized spacial score (nSPS) is 16.3. The summed E-state index contributed by atoms with van der Waals surface area (Å²) in [7, 11) is 0. The smallest absolute Gasteiger partial charge is 0.386 e. The van der Waals surface area contributed by atoms with Crippen molar-refractivity contribution in [2.24, 2.45) is 0 Å². The standard InChI is InChI=1S/C24H24F3N5O/c1-13-16(10-28)6-5-7-17(13)14(2)29-22-19-9-21(32-11-23(4,33)12-32)20(24(25,26)27)8-18(19)15(3)30-31-22/h5-9,14,33H,11-12H2,1-4H3,(H,29,31)/t14-/m1/s1. The Labute approximate surface area is 189 Å². The summed E-state index contributed by atoms with van der Waals surface area (Å²) in [6.07, 6.45) is -4.56. The van der Waals surface area contributed by atoms with E-state index in [1.165, 1.54) is 11.0 Å². The average molecular weight is 455 g/mol. The number of aliphatic hydroxyl groups is 1. The van der Waals surface area contributed by atoms with Gasteiger partial charge < -0.3 is 15.3 Å².